The van der Waals surface area contributed by atoms with Gasteiger partial charge in [-0.15, -0.1) is 0 Å². The SMILES string of the molecule is CCNC1CCOC(CC)(c2ccccc2F)C1. The van der Waals surface area contributed by atoms with Crippen molar-refractivity contribution in [2.75, 3.05) is 13.2 Å². The predicted molar refractivity (Wildman–Crippen MR) is 71.0 cm³/mol. The molecule has 100 valence electrons. The largest absolute Gasteiger partial charge is 0.370 e. The standard InChI is InChI=1S/C15H22FNO/c1-3-15(13-7-5-6-8-14(13)16)11-12(17-4-2)9-10-18-15/h5-8,12,17H,3-4,9-11H2,1-2H3. The van der Waals surface area contributed by atoms with Crippen LogP contribution >= 0.6 is 0 Å². The summed E-state index contributed by atoms with van der Waals surface area (Å²) in [7, 11) is 0. The maximum Gasteiger partial charge on any atom is 0.129 e. The summed E-state index contributed by atoms with van der Waals surface area (Å²) in [5.74, 6) is -0.156. The van der Waals surface area contributed by atoms with Gasteiger partial charge in [-0.1, -0.05) is 32.0 Å². The van der Waals surface area contributed by atoms with E-state index >= 15 is 0 Å². The molecular weight excluding hydrogens is 229 g/mol. The van der Waals surface area contributed by atoms with Crippen molar-refractivity contribution in [3.63, 3.8) is 0 Å². The van der Waals surface area contributed by atoms with Crippen molar-refractivity contribution < 1.29 is 9.13 Å². The van der Waals surface area contributed by atoms with Gasteiger partial charge in [0.1, 0.15) is 5.82 Å². The van der Waals surface area contributed by atoms with E-state index in [0.717, 1.165) is 25.8 Å². The highest BCUT2D eigenvalue weighted by atomic mass is 19.1. The molecule has 0 aliphatic carbocycles. The Kier molecular flexibility index (Phi) is 4.36. The Balaban J connectivity index is 2.27. The van der Waals surface area contributed by atoms with Gasteiger partial charge in [-0.2, -0.15) is 0 Å². The Morgan fingerprint density at radius 2 is 2.17 bits per heavy atom. The van der Waals surface area contributed by atoms with Crippen molar-refractivity contribution in [1.29, 1.82) is 0 Å². The third-order valence-corrected chi connectivity index (χ3v) is 3.85. The highest BCUT2D eigenvalue weighted by Gasteiger charge is 2.39. The van der Waals surface area contributed by atoms with Gasteiger partial charge in [-0.05, 0) is 31.9 Å². The number of hydrogen-bond acceptors (Lipinski definition) is 2. The first-order valence-corrected chi connectivity index (χ1v) is 6.84. The average Bonchev–Trinajstić information content (AvgIpc) is 2.40. The third kappa shape index (κ3) is 2.57. The molecule has 2 atom stereocenters. The van der Waals surface area contributed by atoms with Gasteiger partial charge in [0, 0.05) is 18.2 Å². The van der Waals surface area contributed by atoms with Gasteiger partial charge in [0.25, 0.3) is 0 Å². The van der Waals surface area contributed by atoms with Crippen LogP contribution in [0.1, 0.15) is 38.7 Å². The molecule has 0 bridgehead atoms. The number of rotatable bonds is 4. The van der Waals surface area contributed by atoms with E-state index in [2.05, 4.69) is 19.2 Å². The number of hydrogen-bond donors (Lipinski definition) is 1. The third-order valence-electron chi connectivity index (χ3n) is 3.85. The summed E-state index contributed by atoms with van der Waals surface area (Å²) in [5, 5.41) is 3.46. The molecule has 0 aromatic heterocycles. The Labute approximate surface area is 109 Å². The van der Waals surface area contributed by atoms with Crippen molar-refractivity contribution in [1.82, 2.24) is 5.32 Å². The fraction of sp³-hybridized carbons (Fsp3) is 0.600. The van der Waals surface area contributed by atoms with Crippen LogP contribution in [-0.2, 0) is 10.3 Å². The van der Waals surface area contributed by atoms with Crippen LogP contribution in [0.25, 0.3) is 0 Å². The number of halogens is 1. The summed E-state index contributed by atoms with van der Waals surface area (Å²) in [6, 6.07) is 7.41. The van der Waals surface area contributed by atoms with Crippen LogP contribution in [0.3, 0.4) is 0 Å². The van der Waals surface area contributed by atoms with Gasteiger partial charge in [0.05, 0.1) is 5.60 Å². The smallest absolute Gasteiger partial charge is 0.129 e. The van der Waals surface area contributed by atoms with Crippen molar-refractivity contribution in [2.45, 2.75) is 44.8 Å². The van der Waals surface area contributed by atoms with Gasteiger partial charge in [0.15, 0.2) is 0 Å². The lowest BCUT2D eigenvalue weighted by molar-refractivity contribution is -0.0985. The van der Waals surface area contributed by atoms with Crippen molar-refractivity contribution >= 4 is 0 Å². The summed E-state index contributed by atoms with van der Waals surface area (Å²) < 4.78 is 20.0. The number of benzene rings is 1. The maximum atomic E-state index is 14.0. The first-order chi connectivity index (χ1) is 8.72. The summed E-state index contributed by atoms with van der Waals surface area (Å²) >= 11 is 0. The maximum absolute atomic E-state index is 14.0. The van der Waals surface area contributed by atoms with Crippen LogP contribution in [0.4, 0.5) is 4.39 Å². The van der Waals surface area contributed by atoms with E-state index in [1.165, 1.54) is 6.07 Å². The molecule has 18 heavy (non-hydrogen) atoms. The minimum Gasteiger partial charge on any atom is -0.370 e. The van der Waals surface area contributed by atoms with E-state index in [1.54, 1.807) is 6.07 Å². The summed E-state index contributed by atoms with van der Waals surface area (Å²) in [5.41, 5.74) is 0.242. The van der Waals surface area contributed by atoms with Crippen LogP contribution in [0.5, 0.6) is 0 Å². The lowest BCUT2D eigenvalue weighted by Crippen LogP contribution is -2.45. The van der Waals surface area contributed by atoms with E-state index in [0.29, 0.717) is 18.2 Å². The van der Waals surface area contributed by atoms with E-state index in [1.807, 2.05) is 12.1 Å². The predicted octanol–water partition coefficient (Wildman–Crippen LogP) is 3.22. The average molecular weight is 251 g/mol. The second kappa shape index (κ2) is 5.81. The van der Waals surface area contributed by atoms with E-state index < -0.39 is 5.60 Å². The molecule has 1 saturated heterocycles. The minimum atomic E-state index is -0.462. The van der Waals surface area contributed by atoms with Gasteiger partial charge < -0.3 is 10.1 Å². The Bertz CT molecular complexity index is 394. The first-order valence-electron chi connectivity index (χ1n) is 6.84. The number of ether oxygens (including phenoxy) is 1. The molecule has 1 aromatic rings. The summed E-state index contributed by atoms with van der Waals surface area (Å²) in [6.45, 7) is 5.81. The normalized spacial score (nSPS) is 28.3. The van der Waals surface area contributed by atoms with Crippen molar-refractivity contribution in [3.8, 4) is 0 Å². The van der Waals surface area contributed by atoms with Crippen LogP contribution in [0.15, 0.2) is 24.3 Å². The molecule has 2 unspecified atom stereocenters. The Morgan fingerprint density at radius 1 is 1.39 bits per heavy atom. The Morgan fingerprint density at radius 3 is 2.83 bits per heavy atom. The summed E-state index contributed by atoms with van der Waals surface area (Å²) in [6.07, 6.45) is 2.65. The van der Waals surface area contributed by atoms with E-state index in [-0.39, 0.29) is 5.82 Å². The molecule has 2 nitrogen and oxygen atoms in total. The van der Waals surface area contributed by atoms with Crippen LogP contribution in [0.2, 0.25) is 0 Å². The molecule has 2 rings (SSSR count). The second-order valence-corrected chi connectivity index (χ2v) is 4.92. The zero-order valence-corrected chi connectivity index (χ0v) is 11.2. The van der Waals surface area contributed by atoms with E-state index in [9.17, 15) is 4.39 Å². The fourth-order valence-corrected chi connectivity index (χ4v) is 2.87. The minimum absolute atomic E-state index is 0.156. The fourth-order valence-electron chi connectivity index (χ4n) is 2.87. The lowest BCUT2D eigenvalue weighted by atomic mass is 9.82. The quantitative estimate of drug-likeness (QED) is 0.887. The second-order valence-electron chi connectivity index (χ2n) is 4.92. The molecular formula is C15H22FNO. The molecule has 0 saturated carbocycles. The first kappa shape index (κ1) is 13.5. The molecule has 1 N–H and O–H groups in total. The molecule has 1 fully saturated rings. The van der Waals surface area contributed by atoms with Crippen LogP contribution in [-0.4, -0.2) is 19.2 Å². The zero-order chi connectivity index (χ0) is 13.0. The molecule has 3 heteroatoms. The molecule has 0 amide bonds. The van der Waals surface area contributed by atoms with Gasteiger partial charge in [-0.25, -0.2) is 4.39 Å². The highest BCUT2D eigenvalue weighted by Crippen LogP contribution is 2.39. The van der Waals surface area contributed by atoms with Gasteiger partial charge in [0.2, 0.25) is 0 Å². The molecule has 1 heterocycles. The Hall–Kier alpha value is -0.930. The molecule has 0 spiro atoms. The topological polar surface area (TPSA) is 21.3 Å². The number of nitrogens with one attached hydrogen (secondary N) is 1. The van der Waals surface area contributed by atoms with Gasteiger partial charge >= 0.3 is 0 Å². The highest BCUT2D eigenvalue weighted by molar-refractivity contribution is 5.25. The van der Waals surface area contributed by atoms with Gasteiger partial charge in [-0.3, -0.25) is 0 Å². The molecule has 1 aromatic carbocycles. The molecule has 0 radical (unpaired) electrons. The van der Waals surface area contributed by atoms with Crippen LogP contribution in [0, 0.1) is 5.82 Å². The molecule has 1 aliphatic rings. The monoisotopic (exact) mass is 251 g/mol. The van der Waals surface area contributed by atoms with Crippen LogP contribution < -0.4 is 5.32 Å². The van der Waals surface area contributed by atoms with E-state index in [4.69, 9.17) is 4.74 Å². The zero-order valence-electron chi connectivity index (χ0n) is 11.2. The lowest BCUT2D eigenvalue weighted by Gasteiger charge is -2.41. The summed E-state index contributed by atoms with van der Waals surface area (Å²) in [4.78, 5) is 0. The van der Waals surface area contributed by atoms with Crippen molar-refractivity contribution in [2.24, 2.45) is 0 Å². The van der Waals surface area contributed by atoms with Crippen molar-refractivity contribution in [3.05, 3.63) is 35.6 Å². The molecule has 1 aliphatic heterocycles.